The molecule has 0 spiro atoms. The largest absolute Gasteiger partial charge is 0.451 e. The first-order valence-electron chi connectivity index (χ1n) is 4.64. The number of hydrogen-bond acceptors (Lipinski definition) is 5. The Morgan fingerprint density at radius 3 is 2.33 bits per heavy atom. The fourth-order valence-electron chi connectivity index (χ4n) is 1.23. The summed E-state index contributed by atoms with van der Waals surface area (Å²) in [4.78, 5) is 11.3. The predicted molar refractivity (Wildman–Crippen MR) is 54.7 cm³/mol. The normalized spacial score (nSPS) is 12.7. The lowest BCUT2D eigenvalue weighted by Gasteiger charge is -2.07. The molecule has 0 fully saturated rings. The summed E-state index contributed by atoms with van der Waals surface area (Å²) in [6.45, 7) is 0. The van der Waals surface area contributed by atoms with Crippen LogP contribution in [0.3, 0.4) is 0 Å². The molecule has 18 heavy (non-hydrogen) atoms. The quantitative estimate of drug-likeness (QED) is 0.601. The van der Waals surface area contributed by atoms with E-state index in [0.717, 1.165) is 13.2 Å². The van der Waals surface area contributed by atoms with Crippen molar-refractivity contribution in [3.63, 3.8) is 0 Å². The number of aromatic nitrogens is 3. The van der Waals surface area contributed by atoms with Gasteiger partial charge in [-0.1, -0.05) is 0 Å². The van der Waals surface area contributed by atoms with Gasteiger partial charge in [-0.15, -0.1) is 10.2 Å². The molecule has 1 heterocycles. The zero-order valence-corrected chi connectivity index (χ0v) is 9.76. The van der Waals surface area contributed by atoms with Crippen molar-refractivity contribution in [1.82, 2.24) is 19.7 Å². The van der Waals surface area contributed by atoms with E-state index >= 15 is 0 Å². The molecular weight excluding hydrogens is 255 g/mol. The van der Waals surface area contributed by atoms with Crippen LogP contribution in [0.5, 0.6) is 0 Å². The molecule has 10 heteroatoms. The molecule has 7 nitrogen and oxygen atoms in total. The lowest BCUT2D eigenvalue weighted by molar-refractivity contribution is -0.377. The Hall–Kier alpha value is -2.13. The van der Waals surface area contributed by atoms with Gasteiger partial charge in [-0.25, -0.2) is 0 Å². The maximum Gasteiger partial charge on any atom is 0.451 e. The first-order valence-corrected chi connectivity index (χ1v) is 4.64. The average molecular weight is 265 g/mol. The van der Waals surface area contributed by atoms with Gasteiger partial charge in [0.15, 0.2) is 0 Å². The molecule has 0 aliphatic rings. The second-order valence-corrected chi connectivity index (χ2v) is 3.64. The van der Waals surface area contributed by atoms with Crippen molar-refractivity contribution in [2.45, 2.75) is 6.18 Å². The molecule has 100 valence electrons. The first-order chi connectivity index (χ1) is 8.14. The molecule has 0 amide bonds. The van der Waals surface area contributed by atoms with E-state index in [1.807, 2.05) is 0 Å². The van der Waals surface area contributed by atoms with E-state index in [9.17, 15) is 23.3 Å². The van der Waals surface area contributed by atoms with Gasteiger partial charge >= 0.3 is 11.9 Å². The summed E-state index contributed by atoms with van der Waals surface area (Å²) >= 11 is 0. The van der Waals surface area contributed by atoms with Gasteiger partial charge in [0.05, 0.1) is 11.1 Å². The smallest absolute Gasteiger partial charge is 0.378 e. The Balaban J connectivity index is 3.33. The monoisotopic (exact) mass is 265 g/mol. The summed E-state index contributed by atoms with van der Waals surface area (Å²) < 4.78 is 37.9. The molecule has 0 saturated carbocycles. The van der Waals surface area contributed by atoms with Gasteiger partial charge in [-0.3, -0.25) is 10.1 Å². The third kappa shape index (κ3) is 2.76. The van der Waals surface area contributed by atoms with Crippen LogP contribution >= 0.6 is 0 Å². The van der Waals surface area contributed by atoms with Gasteiger partial charge in [-0.2, -0.15) is 13.2 Å². The molecule has 0 N–H and O–H groups in total. The number of nitrogens with zero attached hydrogens (tertiary/aromatic N) is 5. The highest BCUT2D eigenvalue weighted by atomic mass is 19.4. The lowest BCUT2D eigenvalue weighted by atomic mass is 10.4. The standard InChI is InChI=1S/C8H10F3N5O2/c1-14(2)4-5(16(17)18)6-12-13-7(15(6)3)8(9,10)11/h4H,1-3H3/b5-4-. The highest BCUT2D eigenvalue weighted by molar-refractivity contribution is 5.51. The number of rotatable bonds is 3. The number of hydrogen-bond donors (Lipinski definition) is 0. The third-order valence-corrected chi connectivity index (χ3v) is 1.93. The van der Waals surface area contributed by atoms with Crippen LogP contribution in [-0.2, 0) is 13.2 Å². The summed E-state index contributed by atoms with van der Waals surface area (Å²) in [5.74, 6) is -1.75. The van der Waals surface area contributed by atoms with E-state index in [1.54, 1.807) is 0 Å². The number of nitro groups is 1. The molecule has 0 atom stereocenters. The Morgan fingerprint density at radius 2 is 2.00 bits per heavy atom. The SMILES string of the molecule is CN(C)/C=C(/c1nnc(C(F)(F)F)n1C)[N+](=O)[O-]. The minimum absolute atomic E-state index is 0.457. The van der Waals surface area contributed by atoms with Crippen LogP contribution in [-0.4, -0.2) is 38.7 Å². The average Bonchev–Trinajstić information content (AvgIpc) is 2.55. The van der Waals surface area contributed by atoms with Crippen LogP contribution in [0.15, 0.2) is 6.20 Å². The van der Waals surface area contributed by atoms with Crippen LogP contribution < -0.4 is 0 Å². The van der Waals surface area contributed by atoms with E-state index in [1.165, 1.54) is 19.0 Å². The summed E-state index contributed by atoms with van der Waals surface area (Å²) in [5, 5.41) is 16.9. The summed E-state index contributed by atoms with van der Waals surface area (Å²) in [6.07, 6.45) is -3.65. The van der Waals surface area contributed by atoms with Crippen molar-refractivity contribution in [2.75, 3.05) is 14.1 Å². The van der Waals surface area contributed by atoms with E-state index in [4.69, 9.17) is 0 Å². The molecule has 0 aliphatic heterocycles. The molecular formula is C8H10F3N5O2. The van der Waals surface area contributed by atoms with Gasteiger partial charge in [0.25, 0.3) is 0 Å². The lowest BCUT2D eigenvalue weighted by Crippen LogP contribution is -2.15. The molecule has 1 aromatic rings. The molecule has 0 saturated heterocycles. The molecule has 0 unspecified atom stereocenters. The summed E-state index contributed by atoms with van der Waals surface area (Å²) in [5.41, 5.74) is -0.564. The van der Waals surface area contributed by atoms with E-state index in [0.29, 0.717) is 4.57 Å². The van der Waals surface area contributed by atoms with Gasteiger partial charge in [0, 0.05) is 21.1 Å². The van der Waals surface area contributed by atoms with Crippen LogP contribution in [0.4, 0.5) is 13.2 Å². The molecule has 1 aromatic heterocycles. The highest BCUT2D eigenvalue weighted by Crippen LogP contribution is 2.28. The second-order valence-electron chi connectivity index (χ2n) is 3.64. The van der Waals surface area contributed by atoms with Crippen LogP contribution in [0.2, 0.25) is 0 Å². The topological polar surface area (TPSA) is 77.1 Å². The molecule has 0 bridgehead atoms. The summed E-state index contributed by atoms with van der Waals surface area (Å²) in [7, 11) is 4.03. The van der Waals surface area contributed by atoms with Crippen molar-refractivity contribution in [1.29, 1.82) is 0 Å². The Labute approximate surface area is 99.7 Å². The van der Waals surface area contributed by atoms with Crippen molar-refractivity contribution in [2.24, 2.45) is 7.05 Å². The molecule has 0 radical (unpaired) electrons. The minimum Gasteiger partial charge on any atom is -0.378 e. The van der Waals surface area contributed by atoms with E-state index < -0.39 is 28.4 Å². The highest BCUT2D eigenvalue weighted by Gasteiger charge is 2.39. The Morgan fingerprint density at radius 1 is 1.44 bits per heavy atom. The van der Waals surface area contributed by atoms with Crippen LogP contribution in [0.1, 0.15) is 11.6 Å². The third-order valence-electron chi connectivity index (χ3n) is 1.93. The first kappa shape index (κ1) is 13.9. The zero-order valence-electron chi connectivity index (χ0n) is 9.76. The van der Waals surface area contributed by atoms with Crippen LogP contribution in [0, 0.1) is 10.1 Å². The summed E-state index contributed by atoms with van der Waals surface area (Å²) in [6, 6.07) is 0. The van der Waals surface area contributed by atoms with E-state index in [-0.39, 0.29) is 0 Å². The van der Waals surface area contributed by atoms with Crippen molar-refractivity contribution in [3.8, 4) is 0 Å². The van der Waals surface area contributed by atoms with Crippen molar-refractivity contribution in [3.05, 3.63) is 28.0 Å². The van der Waals surface area contributed by atoms with Gasteiger partial charge in [0.1, 0.15) is 0 Å². The maximum absolute atomic E-state index is 12.5. The zero-order chi connectivity index (χ0) is 14.1. The number of alkyl halides is 3. The van der Waals surface area contributed by atoms with Crippen LogP contribution in [0.25, 0.3) is 5.70 Å². The van der Waals surface area contributed by atoms with Gasteiger partial charge in [0.2, 0.25) is 11.6 Å². The molecule has 1 rings (SSSR count). The molecule has 0 aromatic carbocycles. The minimum atomic E-state index is -4.71. The fraction of sp³-hybridized carbons (Fsp3) is 0.500. The van der Waals surface area contributed by atoms with E-state index in [2.05, 4.69) is 10.2 Å². The number of halogens is 3. The fourth-order valence-corrected chi connectivity index (χ4v) is 1.23. The molecule has 0 aliphatic carbocycles. The predicted octanol–water partition coefficient (Wildman–Crippen LogP) is 0.971. The maximum atomic E-state index is 12.5. The Kier molecular flexibility index (Phi) is 3.58. The van der Waals surface area contributed by atoms with Crippen molar-refractivity contribution < 1.29 is 18.1 Å². The van der Waals surface area contributed by atoms with Gasteiger partial charge < -0.3 is 9.47 Å². The Bertz CT molecular complexity index is 491. The van der Waals surface area contributed by atoms with Crippen molar-refractivity contribution >= 4 is 5.70 Å². The second kappa shape index (κ2) is 4.63. The van der Waals surface area contributed by atoms with Gasteiger partial charge in [-0.05, 0) is 0 Å².